The number of benzene rings is 1. The maximum absolute atomic E-state index is 12.0. The van der Waals surface area contributed by atoms with E-state index in [9.17, 15) is 4.79 Å². The number of carbonyl (C=O) groups excluding carboxylic acids is 1. The van der Waals surface area contributed by atoms with Gasteiger partial charge in [0, 0.05) is 11.5 Å². The Morgan fingerprint density at radius 1 is 1.37 bits per heavy atom. The normalized spacial score (nSPS) is 15.0. The molecule has 0 spiro atoms. The Morgan fingerprint density at radius 3 is 2.89 bits per heavy atom. The molecule has 0 bridgehead atoms. The van der Waals surface area contributed by atoms with Gasteiger partial charge in [-0.25, -0.2) is 0 Å². The van der Waals surface area contributed by atoms with Crippen LogP contribution >= 0.6 is 0 Å². The van der Waals surface area contributed by atoms with Gasteiger partial charge in [0.1, 0.15) is 0 Å². The van der Waals surface area contributed by atoms with Crippen molar-refractivity contribution >= 4 is 11.9 Å². The van der Waals surface area contributed by atoms with Crippen molar-refractivity contribution in [3.05, 3.63) is 41.3 Å². The standard InChI is InChI=1S/C14H15N3O2/c1-9-4-2-7-11(8-9)12(18)15-14-17-16-13(19-14)10-5-3-6-10/h2,4,7-8,10H,3,5-6H2,1H3,(H,15,17,18). The molecule has 1 aliphatic carbocycles. The van der Waals surface area contributed by atoms with E-state index in [0.717, 1.165) is 18.4 Å². The number of anilines is 1. The zero-order chi connectivity index (χ0) is 13.2. The Kier molecular flexibility index (Phi) is 3.03. The average molecular weight is 257 g/mol. The number of nitrogens with zero attached hydrogens (tertiary/aromatic N) is 2. The van der Waals surface area contributed by atoms with E-state index in [2.05, 4.69) is 15.5 Å². The quantitative estimate of drug-likeness (QED) is 0.918. The summed E-state index contributed by atoms with van der Waals surface area (Å²) in [7, 11) is 0. The van der Waals surface area contributed by atoms with Crippen molar-refractivity contribution in [1.82, 2.24) is 10.2 Å². The third-order valence-corrected chi connectivity index (χ3v) is 3.40. The van der Waals surface area contributed by atoms with Crippen LogP contribution in [0.25, 0.3) is 0 Å². The van der Waals surface area contributed by atoms with Gasteiger partial charge in [-0.1, -0.05) is 29.2 Å². The van der Waals surface area contributed by atoms with Crippen molar-refractivity contribution in [3.8, 4) is 0 Å². The van der Waals surface area contributed by atoms with Crippen LogP contribution in [-0.4, -0.2) is 16.1 Å². The molecule has 0 unspecified atom stereocenters. The molecule has 1 fully saturated rings. The SMILES string of the molecule is Cc1cccc(C(=O)Nc2nnc(C3CCC3)o2)c1. The van der Waals surface area contributed by atoms with E-state index in [1.54, 1.807) is 6.07 Å². The number of aryl methyl sites for hydroxylation is 1. The highest BCUT2D eigenvalue weighted by molar-refractivity contribution is 6.03. The van der Waals surface area contributed by atoms with Crippen molar-refractivity contribution in [2.75, 3.05) is 5.32 Å². The minimum atomic E-state index is -0.229. The van der Waals surface area contributed by atoms with E-state index >= 15 is 0 Å². The molecule has 98 valence electrons. The topological polar surface area (TPSA) is 68.0 Å². The average Bonchev–Trinajstić information content (AvgIpc) is 2.75. The van der Waals surface area contributed by atoms with Crippen LogP contribution in [0.3, 0.4) is 0 Å². The van der Waals surface area contributed by atoms with Crippen LogP contribution in [0.1, 0.15) is 47.0 Å². The van der Waals surface area contributed by atoms with E-state index < -0.39 is 0 Å². The summed E-state index contributed by atoms with van der Waals surface area (Å²) in [4.78, 5) is 12.0. The number of amides is 1. The molecule has 1 heterocycles. The summed E-state index contributed by atoms with van der Waals surface area (Å²) >= 11 is 0. The van der Waals surface area contributed by atoms with Crippen molar-refractivity contribution in [2.24, 2.45) is 0 Å². The second-order valence-electron chi connectivity index (χ2n) is 4.90. The molecule has 0 aliphatic heterocycles. The first-order chi connectivity index (χ1) is 9.22. The van der Waals surface area contributed by atoms with Crippen molar-refractivity contribution in [3.63, 3.8) is 0 Å². The van der Waals surface area contributed by atoms with Gasteiger partial charge in [-0.15, -0.1) is 5.10 Å². The third kappa shape index (κ3) is 2.50. The second kappa shape index (κ2) is 4.84. The van der Waals surface area contributed by atoms with Crippen molar-refractivity contribution in [2.45, 2.75) is 32.1 Å². The molecule has 1 aromatic heterocycles. The zero-order valence-electron chi connectivity index (χ0n) is 10.7. The molecule has 1 saturated carbocycles. The van der Waals surface area contributed by atoms with Gasteiger partial charge >= 0.3 is 6.01 Å². The van der Waals surface area contributed by atoms with Gasteiger partial charge in [0.25, 0.3) is 5.91 Å². The molecule has 1 amide bonds. The predicted octanol–water partition coefficient (Wildman–Crippen LogP) is 2.90. The van der Waals surface area contributed by atoms with E-state index in [0.29, 0.717) is 17.4 Å². The Bertz CT molecular complexity index is 602. The maximum atomic E-state index is 12.0. The Labute approximate surface area is 111 Å². The molecular weight excluding hydrogens is 242 g/mol. The molecule has 0 saturated heterocycles. The molecule has 5 nitrogen and oxygen atoms in total. The minimum Gasteiger partial charge on any atom is -0.408 e. The summed E-state index contributed by atoms with van der Waals surface area (Å²) in [5.41, 5.74) is 1.62. The van der Waals surface area contributed by atoms with Gasteiger partial charge in [-0.05, 0) is 31.9 Å². The number of hydrogen-bond donors (Lipinski definition) is 1. The predicted molar refractivity (Wildman–Crippen MR) is 70.0 cm³/mol. The number of nitrogens with one attached hydrogen (secondary N) is 1. The summed E-state index contributed by atoms with van der Waals surface area (Å²) < 4.78 is 5.46. The molecule has 5 heteroatoms. The molecule has 1 aromatic carbocycles. The number of hydrogen-bond acceptors (Lipinski definition) is 4. The highest BCUT2D eigenvalue weighted by Crippen LogP contribution is 2.35. The summed E-state index contributed by atoms with van der Waals surface area (Å²) in [6.45, 7) is 1.94. The van der Waals surface area contributed by atoms with Crippen molar-refractivity contribution < 1.29 is 9.21 Å². The van der Waals surface area contributed by atoms with Crippen LogP contribution < -0.4 is 5.32 Å². The lowest BCUT2D eigenvalue weighted by atomic mass is 9.85. The van der Waals surface area contributed by atoms with Gasteiger partial charge in [-0.3, -0.25) is 10.1 Å². The molecule has 0 radical (unpaired) electrons. The fourth-order valence-corrected chi connectivity index (χ4v) is 2.06. The smallest absolute Gasteiger partial charge is 0.322 e. The van der Waals surface area contributed by atoms with Crippen molar-refractivity contribution in [1.29, 1.82) is 0 Å². The number of carbonyl (C=O) groups is 1. The van der Waals surface area contributed by atoms with Gasteiger partial charge in [0.05, 0.1) is 0 Å². The van der Waals surface area contributed by atoms with E-state index in [-0.39, 0.29) is 11.9 Å². The molecule has 1 N–H and O–H groups in total. The van der Waals surface area contributed by atoms with Crippen LogP contribution in [0, 0.1) is 6.92 Å². The number of aromatic nitrogens is 2. The zero-order valence-corrected chi connectivity index (χ0v) is 10.7. The molecule has 0 atom stereocenters. The minimum absolute atomic E-state index is 0.174. The monoisotopic (exact) mass is 257 g/mol. The van der Waals surface area contributed by atoms with Crippen LogP contribution in [0.15, 0.2) is 28.7 Å². The Hall–Kier alpha value is -2.17. The van der Waals surface area contributed by atoms with E-state index in [1.807, 2.05) is 25.1 Å². The third-order valence-electron chi connectivity index (χ3n) is 3.40. The van der Waals surface area contributed by atoms with E-state index in [1.165, 1.54) is 6.42 Å². The van der Waals surface area contributed by atoms with Crippen LogP contribution in [0.2, 0.25) is 0 Å². The fourth-order valence-electron chi connectivity index (χ4n) is 2.06. The van der Waals surface area contributed by atoms with E-state index in [4.69, 9.17) is 4.42 Å². The Morgan fingerprint density at radius 2 is 2.21 bits per heavy atom. The van der Waals surface area contributed by atoms with Gasteiger partial charge in [0.2, 0.25) is 5.89 Å². The van der Waals surface area contributed by atoms with Gasteiger partial charge in [0.15, 0.2) is 0 Å². The molecular formula is C14H15N3O2. The lowest BCUT2D eigenvalue weighted by Gasteiger charge is -2.20. The summed E-state index contributed by atoms with van der Waals surface area (Å²) in [5.74, 6) is 0.774. The Balaban J connectivity index is 1.70. The molecule has 2 aromatic rings. The largest absolute Gasteiger partial charge is 0.408 e. The summed E-state index contributed by atoms with van der Waals surface area (Å²) in [6.07, 6.45) is 3.39. The first-order valence-corrected chi connectivity index (χ1v) is 6.44. The lowest BCUT2D eigenvalue weighted by Crippen LogP contribution is -2.12. The summed E-state index contributed by atoms with van der Waals surface area (Å²) in [5, 5.41) is 10.5. The maximum Gasteiger partial charge on any atom is 0.322 e. The van der Waals surface area contributed by atoms with Gasteiger partial charge in [-0.2, -0.15) is 0 Å². The van der Waals surface area contributed by atoms with Crippen LogP contribution in [0.4, 0.5) is 6.01 Å². The second-order valence-corrected chi connectivity index (χ2v) is 4.90. The van der Waals surface area contributed by atoms with Gasteiger partial charge < -0.3 is 4.42 Å². The summed E-state index contributed by atoms with van der Waals surface area (Å²) in [6, 6.07) is 7.54. The molecule has 1 aliphatic rings. The fraction of sp³-hybridized carbons (Fsp3) is 0.357. The highest BCUT2D eigenvalue weighted by atomic mass is 16.4. The first kappa shape index (κ1) is 11.9. The lowest BCUT2D eigenvalue weighted by molar-refractivity contribution is 0.102. The number of rotatable bonds is 3. The highest BCUT2D eigenvalue weighted by Gasteiger charge is 2.25. The first-order valence-electron chi connectivity index (χ1n) is 6.44. The van der Waals surface area contributed by atoms with Crippen LogP contribution in [0.5, 0.6) is 0 Å². The molecule has 3 rings (SSSR count). The van der Waals surface area contributed by atoms with Crippen LogP contribution in [-0.2, 0) is 0 Å². The molecule has 19 heavy (non-hydrogen) atoms.